The number of likely N-dealkylation sites (N-methyl/N-ethyl adjacent to an activating group) is 2. The molecule has 0 aliphatic heterocycles. The van der Waals surface area contributed by atoms with E-state index in [1.807, 2.05) is 74.8 Å². The molecule has 0 heterocycles. The van der Waals surface area contributed by atoms with Crippen molar-refractivity contribution >= 4 is 5.78 Å². The summed E-state index contributed by atoms with van der Waals surface area (Å²) in [5, 5.41) is 6.31. The summed E-state index contributed by atoms with van der Waals surface area (Å²) in [6.07, 6.45) is 0. The van der Waals surface area contributed by atoms with Crippen molar-refractivity contribution in [3.8, 4) is 0 Å². The Morgan fingerprint density at radius 3 is 1.45 bits per heavy atom. The first-order chi connectivity index (χ1) is 10.8. The van der Waals surface area contributed by atoms with Gasteiger partial charge in [-0.1, -0.05) is 60.7 Å². The van der Waals surface area contributed by atoms with Gasteiger partial charge in [0.15, 0.2) is 0 Å². The summed E-state index contributed by atoms with van der Waals surface area (Å²) < 4.78 is 0. The van der Waals surface area contributed by atoms with Crippen LogP contribution >= 0.6 is 0 Å². The zero-order valence-electron chi connectivity index (χ0n) is 13.3. The van der Waals surface area contributed by atoms with E-state index in [2.05, 4.69) is 10.6 Å². The van der Waals surface area contributed by atoms with Gasteiger partial charge in [0, 0.05) is 13.1 Å². The first-order valence-corrected chi connectivity index (χ1v) is 7.70. The lowest BCUT2D eigenvalue weighted by molar-refractivity contribution is -0.121. The maximum atomic E-state index is 13.1. The molecule has 0 aliphatic rings. The van der Waals surface area contributed by atoms with Gasteiger partial charge >= 0.3 is 0 Å². The van der Waals surface area contributed by atoms with E-state index < -0.39 is 0 Å². The molecule has 2 rings (SSSR count). The van der Waals surface area contributed by atoms with Crippen LogP contribution in [0.5, 0.6) is 0 Å². The maximum Gasteiger partial charge on any atom is 0.150 e. The Bertz CT molecular complexity index is 517. The van der Waals surface area contributed by atoms with E-state index in [1.54, 1.807) is 0 Å². The molecule has 22 heavy (non-hydrogen) atoms. The molecule has 3 heteroatoms. The quantitative estimate of drug-likeness (QED) is 0.786. The second-order valence-electron chi connectivity index (χ2n) is 5.44. The summed E-state index contributed by atoms with van der Waals surface area (Å²) >= 11 is 0. The summed E-state index contributed by atoms with van der Waals surface area (Å²) in [7, 11) is 3.78. The minimum Gasteiger partial charge on any atom is -0.319 e. The van der Waals surface area contributed by atoms with Crippen molar-refractivity contribution in [1.29, 1.82) is 0 Å². The van der Waals surface area contributed by atoms with Crippen LogP contribution in [0.3, 0.4) is 0 Å². The van der Waals surface area contributed by atoms with Crippen LogP contribution in [0, 0.1) is 0 Å². The molecule has 0 radical (unpaired) electrons. The summed E-state index contributed by atoms with van der Waals surface area (Å²) in [4.78, 5) is 13.1. The highest BCUT2D eigenvalue weighted by Crippen LogP contribution is 2.26. The predicted molar refractivity (Wildman–Crippen MR) is 91.2 cm³/mol. The van der Waals surface area contributed by atoms with E-state index in [4.69, 9.17) is 0 Å². The highest BCUT2D eigenvalue weighted by Gasteiger charge is 2.28. The minimum atomic E-state index is -0.134. The number of hydrogen-bond acceptors (Lipinski definition) is 3. The predicted octanol–water partition coefficient (Wildman–Crippen LogP) is 2.56. The third-order valence-corrected chi connectivity index (χ3v) is 3.91. The van der Waals surface area contributed by atoms with Gasteiger partial charge in [-0.15, -0.1) is 0 Å². The molecule has 2 N–H and O–H groups in total. The summed E-state index contributed by atoms with van der Waals surface area (Å²) in [5.74, 6) is -0.0180. The Kier molecular flexibility index (Phi) is 6.31. The van der Waals surface area contributed by atoms with Crippen LogP contribution < -0.4 is 10.6 Å². The van der Waals surface area contributed by atoms with E-state index in [-0.39, 0.29) is 17.6 Å². The topological polar surface area (TPSA) is 41.1 Å². The van der Waals surface area contributed by atoms with Gasteiger partial charge in [-0.2, -0.15) is 0 Å². The second kappa shape index (κ2) is 8.47. The molecule has 0 spiro atoms. The van der Waals surface area contributed by atoms with Gasteiger partial charge in [0.1, 0.15) is 5.78 Å². The lowest BCUT2D eigenvalue weighted by atomic mass is 9.83. The first-order valence-electron chi connectivity index (χ1n) is 7.70. The van der Waals surface area contributed by atoms with E-state index in [0.717, 1.165) is 11.1 Å². The normalized spacial score (nSPS) is 13.5. The molecule has 0 amide bonds. The smallest absolute Gasteiger partial charge is 0.150 e. The summed E-state index contributed by atoms with van der Waals surface area (Å²) in [6, 6.07) is 20.0. The van der Waals surface area contributed by atoms with Crippen LogP contribution in [-0.2, 0) is 4.79 Å². The van der Waals surface area contributed by atoms with Gasteiger partial charge in [0.2, 0.25) is 0 Å². The highest BCUT2D eigenvalue weighted by molar-refractivity contribution is 5.92. The Morgan fingerprint density at radius 1 is 0.773 bits per heavy atom. The van der Waals surface area contributed by atoms with Gasteiger partial charge in [-0.05, 0) is 25.2 Å². The van der Waals surface area contributed by atoms with Gasteiger partial charge in [0.05, 0.1) is 11.8 Å². The molecule has 0 aliphatic carbocycles. The number of ketones is 1. The van der Waals surface area contributed by atoms with Crippen LogP contribution in [0.1, 0.15) is 23.0 Å². The van der Waals surface area contributed by atoms with Crippen LogP contribution in [0.25, 0.3) is 0 Å². The molecule has 0 saturated heterocycles. The molecule has 0 bridgehead atoms. The van der Waals surface area contributed by atoms with Crippen molar-refractivity contribution < 1.29 is 4.79 Å². The standard InChI is InChI=1S/C19H24N2O/c1-20-13-17(15-9-5-3-6-10-15)19(22)18(14-21-2)16-11-7-4-8-12-16/h3-12,17-18,20-21H,13-14H2,1-2H3. The molecule has 2 atom stereocenters. The number of Topliss-reactive ketones (excluding diaryl/α,β-unsaturated/α-hetero) is 1. The van der Waals surface area contributed by atoms with E-state index in [1.165, 1.54) is 0 Å². The zero-order valence-corrected chi connectivity index (χ0v) is 13.3. The van der Waals surface area contributed by atoms with Crippen LogP contribution in [0.15, 0.2) is 60.7 Å². The van der Waals surface area contributed by atoms with E-state index >= 15 is 0 Å². The SMILES string of the molecule is CNCC(C(=O)C(CNC)c1ccccc1)c1ccccc1. The zero-order chi connectivity index (χ0) is 15.8. The van der Waals surface area contributed by atoms with E-state index in [0.29, 0.717) is 13.1 Å². The number of nitrogens with one attached hydrogen (secondary N) is 2. The molecule has 116 valence electrons. The van der Waals surface area contributed by atoms with Gasteiger partial charge < -0.3 is 10.6 Å². The Morgan fingerprint density at radius 2 is 1.14 bits per heavy atom. The number of hydrogen-bond donors (Lipinski definition) is 2. The average Bonchev–Trinajstić information content (AvgIpc) is 2.58. The number of benzene rings is 2. The van der Waals surface area contributed by atoms with Crippen molar-refractivity contribution in [2.45, 2.75) is 11.8 Å². The molecule has 2 aromatic carbocycles. The lowest BCUT2D eigenvalue weighted by Gasteiger charge is -2.23. The fourth-order valence-corrected chi connectivity index (χ4v) is 2.79. The minimum absolute atomic E-state index is 0.134. The monoisotopic (exact) mass is 296 g/mol. The van der Waals surface area contributed by atoms with Crippen LogP contribution in [0.2, 0.25) is 0 Å². The Labute approximate surface area is 132 Å². The van der Waals surface area contributed by atoms with Gasteiger partial charge in [0.25, 0.3) is 0 Å². The molecule has 0 saturated carbocycles. The lowest BCUT2D eigenvalue weighted by Crippen LogP contribution is -2.32. The second-order valence-corrected chi connectivity index (χ2v) is 5.44. The van der Waals surface area contributed by atoms with Crippen molar-refractivity contribution in [2.24, 2.45) is 0 Å². The third kappa shape index (κ3) is 4.03. The molecule has 0 fully saturated rings. The van der Waals surface area contributed by atoms with Crippen molar-refractivity contribution in [1.82, 2.24) is 10.6 Å². The summed E-state index contributed by atoms with van der Waals surface area (Å²) in [5.41, 5.74) is 2.14. The highest BCUT2D eigenvalue weighted by atomic mass is 16.1. The summed E-state index contributed by atoms with van der Waals surface area (Å²) in [6.45, 7) is 1.30. The molecular formula is C19H24N2O. The van der Waals surface area contributed by atoms with Crippen molar-refractivity contribution in [2.75, 3.05) is 27.2 Å². The molecule has 3 nitrogen and oxygen atoms in total. The van der Waals surface area contributed by atoms with Crippen molar-refractivity contribution in [3.63, 3.8) is 0 Å². The fourth-order valence-electron chi connectivity index (χ4n) is 2.79. The van der Waals surface area contributed by atoms with Gasteiger partial charge in [-0.25, -0.2) is 0 Å². The number of carbonyl (C=O) groups excluding carboxylic acids is 1. The molecule has 2 unspecified atom stereocenters. The third-order valence-electron chi connectivity index (χ3n) is 3.91. The number of carbonyl (C=O) groups is 1. The van der Waals surface area contributed by atoms with Crippen molar-refractivity contribution in [3.05, 3.63) is 71.8 Å². The van der Waals surface area contributed by atoms with Gasteiger partial charge in [-0.3, -0.25) is 4.79 Å². The van der Waals surface area contributed by atoms with Crippen LogP contribution in [-0.4, -0.2) is 33.0 Å². The largest absolute Gasteiger partial charge is 0.319 e. The Hall–Kier alpha value is -1.97. The van der Waals surface area contributed by atoms with Crippen LogP contribution in [0.4, 0.5) is 0 Å². The molecule has 2 aromatic rings. The number of rotatable bonds is 8. The van der Waals surface area contributed by atoms with E-state index in [9.17, 15) is 4.79 Å². The Balaban J connectivity index is 2.30. The first kappa shape index (κ1) is 16.4. The molecular weight excluding hydrogens is 272 g/mol. The average molecular weight is 296 g/mol. The molecule has 0 aromatic heterocycles. The fraction of sp³-hybridized carbons (Fsp3) is 0.316. The maximum absolute atomic E-state index is 13.1.